The molecule has 5 rings (SSSR count). The lowest BCUT2D eigenvalue weighted by atomic mass is 10.1. The molecule has 0 spiro atoms. The summed E-state index contributed by atoms with van der Waals surface area (Å²) in [6.07, 6.45) is 3.87. The molecule has 1 fully saturated rings. The van der Waals surface area contributed by atoms with E-state index in [0.717, 1.165) is 30.8 Å². The first kappa shape index (κ1) is 20.3. The van der Waals surface area contributed by atoms with Crippen molar-refractivity contribution < 1.29 is 23.2 Å². The average Bonchev–Trinajstić information content (AvgIpc) is 3.59. The van der Waals surface area contributed by atoms with Crippen LogP contribution in [-0.4, -0.2) is 35.4 Å². The molecule has 0 aliphatic carbocycles. The highest BCUT2D eigenvalue weighted by molar-refractivity contribution is 6.06. The van der Waals surface area contributed by atoms with E-state index in [0.29, 0.717) is 47.0 Å². The summed E-state index contributed by atoms with van der Waals surface area (Å²) in [6.45, 7) is 3.53. The van der Waals surface area contributed by atoms with Crippen molar-refractivity contribution in [2.24, 2.45) is 0 Å². The standard InChI is InChI=1S/C24H23N3O5/c1-15-22-19(12-20(21-5-3-11-30-21)26-24(22)32-27-15)23(28)25-13-16-6-8-17(9-7-16)31-14-18-4-2-10-29-18/h3,5-9,11-12,18H,2,4,10,13-14H2,1H3,(H,25,28). The van der Waals surface area contributed by atoms with Gasteiger partial charge in [-0.1, -0.05) is 17.3 Å². The molecule has 1 aliphatic heterocycles. The van der Waals surface area contributed by atoms with Crippen molar-refractivity contribution in [3.05, 3.63) is 65.5 Å². The fraction of sp³-hybridized carbons (Fsp3) is 0.292. The highest BCUT2D eigenvalue weighted by atomic mass is 16.5. The number of furan rings is 1. The number of rotatable bonds is 7. The molecule has 1 atom stereocenters. The van der Waals surface area contributed by atoms with Gasteiger partial charge in [0.2, 0.25) is 0 Å². The molecule has 3 aromatic heterocycles. The Labute approximate surface area is 184 Å². The van der Waals surface area contributed by atoms with Crippen LogP contribution in [0.5, 0.6) is 5.75 Å². The molecule has 0 saturated carbocycles. The van der Waals surface area contributed by atoms with Crippen molar-refractivity contribution in [3.63, 3.8) is 0 Å². The van der Waals surface area contributed by atoms with Crippen molar-refractivity contribution in [2.75, 3.05) is 13.2 Å². The van der Waals surface area contributed by atoms with Crippen molar-refractivity contribution in [1.82, 2.24) is 15.5 Å². The van der Waals surface area contributed by atoms with Gasteiger partial charge in [0.05, 0.1) is 29.0 Å². The Morgan fingerprint density at radius 1 is 1.25 bits per heavy atom. The number of fused-ring (bicyclic) bond motifs is 1. The second-order valence-electron chi connectivity index (χ2n) is 7.75. The van der Waals surface area contributed by atoms with Gasteiger partial charge >= 0.3 is 0 Å². The van der Waals surface area contributed by atoms with E-state index in [-0.39, 0.29) is 12.0 Å². The molecule has 0 radical (unpaired) electrons. The lowest BCUT2D eigenvalue weighted by molar-refractivity contribution is 0.0679. The first-order valence-corrected chi connectivity index (χ1v) is 10.6. The first-order valence-electron chi connectivity index (χ1n) is 10.6. The second-order valence-corrected chi connectivity index (χ2v) is 7.75. The van der Waals surface area contributed by atoms with Crippen LogP contribution >= 0.6 is 0 Å². The number of hydrogen-bond donors (Lipinski definition) is 1. The molecule has 1 amide bonds. The van der Waals surface area contributed by atoms with Crippen molar-refractivity contribution in [3.8, 4) is 17.2 Å². The van der Waals surface area contributed by atoms with Crippen molar-refractivity contribution in [1.29, 1.82) is 0 Å². The van der Waals surface area contributed by atoms with Crippen LogP contribution in [0.3, 0.4) is 0 Å². The fourth-order valence-electron chi connectivity index (χ4n) is 3.77. The number of pyridine rings is 1. The van der Waals surface area contributed by atoms with E-state index < -0.39 is 0 Å². The normalized spacial score (nSPS) is 15.8. The highest BCUT2D eigenvalue weighted by Gasteiger charge is 2.20. The molecule has 1 aliphatic rings. The summed E-state index contributed by atoms with van der Waals surface area (Å²) >= 11 is 0. The molecule has 0 bridgehead atoms. The second kappa shape index (κ2) is 8.84. The molecular weight excluding hydrogens is 410 g/mol. The minimum atomic E-state index is -0.241. The SMILES string of the molecule is Cc1noc2nc(-c3ccco3)cc(C(=O)NCc3ccc(OCC4CCCO4)cc3)c12. The van der Waals surface area contributed by atoms with Crippen LogP contribution in [0.25, 0.3) is 22.6 Å². The fourth-order valence-corrected chi connectivity index (χ4v) is 3.77. The number of aromatic nitrogens is 2. The van der Waals surface area contributed by atoms with E-state index in [4.69, 9.17) is 18.4 Å². The number of ether oxygens (including phenoxy) is 2. The predicted octanol–water partition coefficient (Wildman–Crippen LogP) is 4.28. The number of carbonyl (C=O) groups is 1. The molecular formula is C24H23N3O5. The number of aryl methyl sites for hydroxylation is 1. The quantitative estimate of drug-likeness (QED) is 0.464. The van der Waals surface area contributed by atoms with Gasteiger partial charge in [-0.05, 0) is 55.7 Å². The Kier molecular flexibility index (Phi) is 5.60. The van der Waals surface area contributed by atoms with Gasteiger partial charge in [-0.3, -0.25) is 4.79 Å². The van der Waals surface area contributed by atoms with E-state index in [9.17, 15) is 4.79 Å². The lowest BCUT2D eigenvalue weighted by Crippen LogP contribution is -2.23. The van der Waals surface area contributed by atoms with Crippen LogP contribution in [0.2, 0.25) is 0 Å². The maximum absolute atomic E-state index is 13.0. The predicted molar refractivity (Wildman–Crippen MR) is 116 cm³/mol. The summed E-state index contributed by atoms with van der Waals surface area (Å²) in [6, 6.07) is 12.9. The Morgan fingerprint density at radius 2 is 2.12 bits per heavy atom. The minimum Gasteiger partial charge on any atom is -0.491 e. The largest absolute Gasteiger partial charge is 0.491 e. The van der Waals surface area contributed by atoms with Gasteiger partial charge in [-0.25, -0.2) is 4.98 Å². The zero-order valence-electron chi connectivity index (χ0n) is 17.7. The van der Waals surface area contributed by atoms with E-state index in [1.807, 2.05) is 24.3 Å². The molecule has 4 aromatic rings. The summed E-state index contributed by atoms with van der Waals surface area (Å²) in [5, 5.41) is 7.52. The van der Waals surface area contributed by atoms with Gasteiger partial charge in [0.15, 0.2) is 5.76 Å². The van der Waals surface area contributed by atoms with Crippen molar-refractivity contribution >= 4 is 17.0 Å². The monoisotopic (exact) mass is 433 g/mol. The molecule has 8 heteroatoms. The Hall–Kier alpha value is -3.65. The third kappa shape index (κ3) is 4.22. The topological polar surface area (TPSA) is 99.6 Å². The zero-order chi connectivity index (χ0) is 21.9. The van der Waals surface area contributed by atoms with Gasteiger partial charge in [0.1, 0.15) is 18.1 Å². The van der Waals surface area contributed by atoms with E-state index in [2.05, 4.69) is 15.5 Å². The van der Waals surface area contributed by atoms with E-state index >= 15 is 0 Å². The Balaban J connectivity index is 1.28. The third-order valence-corrected chi connectivity index (χ3v) is 5.47. The summed E-state index contributed by atoms with van der Waals surface area (Å²) in [5.74, 6) is 1.10. The van der Waals surface area contributed by atoms with Gasteiger partial charge in [-0.15, -0.1) is 0 Å². The summed E-state index contributed by atoms with van der Waals surface area (Å²) in [4.78, 5) is 17.5. The summed E-state index contributed by atoms with van der Waals surface area (Å²) in [5.41, 5.74) is 2.82. The van der Waals surface area contributed by atoms with E-state index in [1.165, 1.54) is 0 Å². The van der Waals surface area contributed by atoms with Gasteiger partial charge in [0, 0.05) is 13.2 Å². The Morgan fingerprint density at radius 3 is 2.88 bits per heavy atom. The lowest BCUT2D eigenvalue weighted by Gasteiger charge is -2.12. The molecule has 1 saturated heterocycles. The first-order chi connectivity index (χ1) is 15.7. The van der Waals surface area contributed by atoms with Crippen LogP contribution in [0.1, 0.15) is 34.5 Å². The maximum Gasteiger partial charge on any atom is 0.259 e. The smallest absolute Gasteiger partial charge is 0.259 e. The minimum absolute atomic E-state index is 0.179. The third-order valence-electron chi connectivity index (χ3n) is 5.47. The number of carbonyl (C=O) groups excluding carboxylic acids is 1. The number of nitrogens with one attached hydrogen (secondary N) is 1. The molecule has 164 valence electrons. The molecule has 1 aromatic carbocycles. The maximum atomic E-state index is 13.0. The van der Waals surface area contributed by atoms with E-state index in [1.54, 1.807) is 31.4 Å². The average molecular weight is 433 g/mol. The number of amides is 1. The zero-order valence-corrected chi connectivity index (χ0v) is 17.7. The molecule has 32 heavy (non-hydrogen) atoms. The summed E-state index contributed by atoms with van der Waals surface area (Å²) in [7, 11) is 0. The Bertz CT molecular complexity index is 1210. The van der Waals surface area contributed by atoms with Crippen LogP contribution in [0.4, 0.5) is 0 Å². The highest BCUT2D eigenvalue weighted by Crippen LogP contribution is 2.27. The van der Waals surface area contributed by atoms with Crippen LogP contribution < -0.4 is 10.1 Å². The molecule has 8 nitrogen and oxygen atoms in total. The molecule has 4 heterocycles. The van der Waals surface area contributed by atoms with Gasteiger partial charge < -0.3 is 23.7 Å². The number of hydrogen-bond acceptors (Lipinski definition) is 7. The van der Waals surface area contributed by atoms with Crippen LogP contribution in [-0.2, 0) is 11.3 Å². The van der Waals surface area contributed by atoms with Crippen LogP contribution in [0.15, 0.2) is 57.7 Å². The van der Waals surface area contributed by atoms with Gasteiger partial charge in [-0.2, -0.15) is 0 Å². The molecule has 1 N–H and O–H groups in total. The van der Waals surface area contributed by atoms with Crippen LogP contribution in [0, 0.1) is 6.92 Å². The van der Waals surface area contributed by atoms with Gasteiger partial charge in [0.25, 0.3) is 11.6 Å². The number of benzene rings is 1. The summed E-state index contributed by atoms with van der Waals surface area (Å²) < 4.78 is 22.1. The van der Waals surface area contributed by atoms with Crippen molar-refractivity contribution in [2.45, 2.75) is 32.4 Å². The molecule has 1 unspecified atom stereocenters. The number of nitrogens with zero attached hydrogens (tertiary/aromatic N) is 2.